The summed E-state index contributed by atoms with van der Waals surface area (Å²) in [7, 11) is 1.75. The van der Waals surface area contributed by atoms with E-state index in [0.29, 0.717) is 23.8 Å². The summed E-state index contributed by atoms with van der Waals surface area (Å²) in [5.74, 6) is -0.335. The van der Waals surface area contributed by atoms with Gasteiger partial charge >= 0.3 is 0 Å². The van der Waals surface area contributed by atoms with Crippen LogP contribution in [0.25, 0.3) is 0 Å². The molecule has 26 heavy (non-hydrogen) atoms. The molecule has 140 valence electrons. The molecule has 0 saturated carbocycles. The van der Waals surface area contributed by atoms with E-state index in [0.717, 1.165) is 25.2 Å². The molecule has 0 N–H and O–H groups in total. The lowest BCUT2D eigenvalue weighted by Crippen LogP contribution is -2.51. The molecule has 0 aliphatic carbocycles. The Labute approximate surface area is 158 Å². The average molecular weight is 379 g/mol. The summed E-state index contributed by atoms with van der Waals surface area (Å²) in [6.07, 6.45) is 1.64. The molecule has 1 amide bonds. The number of rotatable bonds is 4. The lowest BCUT2D eigenvalue weighted by atomic mass is 9.84. The third-order valence-electron chi connectivity index (χ3n) is 4.89. The smallest absolute Gasteiger partial charge is 0.276 e. The maximum atomic E-state index is 13.2. The number of hydrogen-bond acceptors (Lipinski definition) is 3. The van der Waals surface area contributed by atoms with Crippen molar-refractivity contribution in [2.75, 3.05) is 32.7 Å². The van der Waals surface area contributed by atoms with Crippen LogP contribution in [0.4, 0.5) is 4.39 Å². The second kappa shape index (κ2) is 7.37. The molecule has 1 saturated heterocycles. The maximum Gasteiger partial charge on any atom is 0.276 e. The Morgan fingerprint density at radius 1 is 1.19 bits per heavy atom. The number of hydrogen-bond donors (Lipinski definition) is 0. The van der Waals surface area contributed by atoms with Crippen molar-refractivity contribution < 1.29 is 9.18 Å². The molecule has 0 radical (unpaired) electrons. The van der Waals surface area contributed by atoms with Crippen molar-refractivity contribution in [3.05, 3.63) is 52.6 Å². The summed E-state index contributed by atoms with van der Waals surface area (Å²) in [5.41, 5.74) is 1.33. The van der Waals surface area contributed by atoms with E-state index in [4.69, 9.17) is 11.6 Å². The number of benzene rings is 1. The number of amides is 1. The predicted molar refractivity (Wildman–Crippen MR) is 100.0 cm³/mol. The van der Waals surface area contributed by atoms with Crippen LogP contribution in [-0.4, -0.2) is 58.2 Å². The van der Waals surface area contributed by atoms with Gasteiger partial charge in [-0.15, -0.1) is 0 Å². The molecule has 1 aliphatic heterocycles. The van der Waals surface area contributed by atoms with Crippen LogP contribution in [0.3, 0.4) is 0 Å². The normalized spacial score (nSPS) is 16.1. The second-order valence-electron chi connectivity index (χ2n) is 7.46. The fraction of sp³-hybridized carbons (Fsp3) is 0.474. The monoisotopic (exact) mass is 378 g/mol. The van der Waals surface area contributed by atoms with Gasteiger partial charge in [0.15, 0.2) is 5.69 Å². The van der Waals surface area contributed by atoms with Crippen molar-refractivity contribution in [1.82, 2.24) is 19.6 Å². The molecule has 3 rings (SSSR count). The van der Waals surface area contributed by atoms with Crippen molar-refractivity contribution in [3.8, 4) is 0 Å². The van der Waals surface area contributed by atoms with Gasteiger partial charge in [-0.25, -0.2) is 4.39 Å². The molecule has 0 unspecified atom stereocenters. The molecule has 2 aromatic rings. The lowest BCUT2D eigenvalue weighted by molar-refractivity contribution is 0.0607. The van der Waals surface area contributed by atoms with Crippen molar-refractivity contribution >= 4 is 17.5 Å². The van der Waals surface area contributed by atoms with E-state index in [9.17, 15) is 9.18 Å². The number of aryl methyl sites for hydroxylation is 1. The first-order chi connectivity index (χ1) is 12.3. The number of halogens is 2. The fourth-order valence-corrected chi connectivity index (χ4v) is 3.67. The molecular weight excluding hydrogens is 355 g/mol. The Hall–Kier alpha value is -1.92. The quantitative estimate of drug-likeness (QED) is 0.821. The Bertz CT molecular complexity index is 779. The van der Waals surface area contributed by atoms with Crippen molar-refractivity contribution in [1.29, 1.82) is 0 Å². The van der Waals surface area contributed by atoms with Crippen LogP contribution >= 0.6 is 11.6 Å². The van der Waals surface area contributed by atoms with E-state index in [1.54, 1.807) is 22.8 Å². The first-order valence-corrected chi connectivity index (χ1v) is 9.11. The Morgan fingerprint density at radius 3 is 2.35 bits per heavy atom. The fourth-order valence-electron chi connectivity index (χ4n) is 3.41. The van der Waals surface area contributed by atoms with E-state index in [2.05, 4.69) is 23.8 Å². The predicted octanol–water partition coefficient (Wildman–Crippen LogP) is 2.95. The topological polar surface area (TPSA) is 41.4 Å². The van der Waals surface area contributed by atoms with Crippen LogP contribution in [0, 0.1) is 5.82 Å². The Morgan fingerprint density at radius 2 is 1.81 bits per heavy atom. The molecule has 1 aromatic carbocycles. The van der Waals surface area contributed by atoms with Crippen LogP contribution in [0.2, 0.25) is 5.02 Å². The second-order valence-corrected chi connectivity index (χ2v) is 7.87. The van der Waals surface area contributed by atoms with Crippen LogP contribution in [0.1, 0.15) is 29.9 Å². The first-order valence-electron chi connectivity index (χ1n) is 8.73. The van der Waals surface area contributed by atoms with Gasteiger partial charge in [0.25, 0.3) is 5.91 Å². The highest BCUT2D eigenvalue weighted by Crippen LogP contribution is 2.25. The minimum atomic E-state index is -0.218. The van der Waals surface area contributed by atoms with Gasteiger partial charge in [0, 0.05) is 51.4 Å². The van der Waals surface area contributed by atoms with Gasteiger partial charge in [-0.2, -0.15) is 5.10 Å². The van der Waals surface area contributed by atoms with E-state index in [1.807, 2.05) is 12.1 Å². The summed E-state index contributed by atoms with van der Waals surface area (Å²) in [4.78, 5) is 16.7. The minimum absolute atomic E-state index is 0.0931. The summed E-state index contributed by atoms with van der Waals surface area (Å²) in [6, 6.07) is 6.70. The van der Waals surface area contributed by atoms with Crippen LogP contribution in [0.15, 0.2) is 30.5 Å². The highest BCUT2D eigenvalue weighted by atomic mass is 35.5. The van der Waals surface area contributed by atoms with Gasteiger partial charge < -0.3 is 4.90 Å². The minimum Gasteiger partial charge on any atom is -0.335 e. The molecular formula is C19H24ClFN4O. The number of carbonyl (C=O) groups excluding carboxylic acids is 1. The van der Waals surface area contributed by atoms with E-state index >= 15 is 0 Å². The SMILES string of the molecule is Cn1cc(Cl)c(C(=O)N2CCN(CC(C)(C)c3ccc(F)cc3)CC2)n1. The van der Waals surface area contributed by atoms with Crippen molar-refractivity contribution in [2.24, 2.45) is 7.05 Å². The van der Waals surface area contributed by atoms with E-state index in [-0.39, 0.29) is 17.1 Å². The van der Waals surface area contributed by atoms with Gasteiger partial charge in [0.05, 0.1) is 5.02 Å². The van der Waals surface area contributed by atoms with Crippen LogP contribution in [-0.2, 0) is 12.5 Å². The molecule has 7 heteroatoms. The maximum absolute atomic E-state index is 13.2. The Kier molecular flexibility index (Phi) is 5.34. The molecule has 2 heterocycles. The third kappa shape index (κ3) is 4.07. The molecule has 1 fully saturated rings. The largest absolute Gasteiger partial charge is 0.335 e. The highest BCUT2D eigenvalue weighted by Gasteiger charge is 2.29. The van der Waals surface area contributed by atoms with Crippen LogP contribution < -0.4 is 0 Å². The van der Waals surface area contributed by atoms with Gasteiger partial charge in [-0.1, -0.05) is 37.6 Å². The molecule has 0 spiro atoms. The zero-order valence-corrected chi connectivity index (χ0v) is 16.1. The van der Waals surface area contributed by atoms with E-state index in [1.165, 1.54) is 12.1 Å². The molecule has 1 aromatic heterocycles. The zero-order chi connectivity index (χ0) is 18.9. The van der Waals surface area contributed by atoms with Gasteiger partial charge in [0.2, 0.25) is 0 Å². The standard InChI is InChI=1S/C19H24ClFN4O/c1-19(2,14-4-6-15(21)7-5-14)13-24-8-10-25(11-9-24)18(26)17-16(20)12-23(3)22-17/h4-7,12H,8-11,13H2,1-3H3. The van der Waals surface area contributed by atoms with Crippen molar-refractivity contribution in [2.45, 2.75) is 19.3 Å². The third-order valence-corrected chi connectivity index (χ3v) is 5.17. The lowest BCUT2D eigenvalue weighted by Gasteiger charge is -2.39. The van der Waals surface area contributed by atoms with Crippen LogP contribution in [0.5, 0.6) is 0 Å². The molecule has 1 aliphatic rings. The summed E-state index contributed by atoms with van der Waals surface area (Å²) >= 11 is 6.09. The summed E-state index contributed by atoms with van der Waals surface area (Å²) in [5, 5.41) is 4.55. The molecule has 0 atom stereocenters. The number of nitrogens with zero attached hydrogens (tertiary/aromatic N) is 4. The average Bonchev–Trinajstić information content (AvgIpc) is 2.93. The van der Waals surface area contributed by atoms with Gasteiger partial charge in [-0.3, -0.25) is 14.4 Å². The zero-order valence-electron chi connectivity index (χ0n) is 15.4. The summed E-state index contributed by atoms with van der Waals surface area (Å²) < 4.78 is 14.7. The Balaban J connectivity index is 1.59. The van der Waals surface area contributed by atoms with Gasteiger partial charge in [-0.05, 0) is 17.7 Å². The number of aromatic nitrogens is 2. The summed E-state index contributed by atoms with van der Waals surface area (Å²) in [6.45, 7) is 8.04. The van der Waals surface area contributed by atoms with Gasteiger partial charge in [0.1, 0.15) is 5.82 Å². The van der Waals surface area contributed by atoms with Crippen molar-refractivity contribution in [3.63, 3.8) is 0 Å². The number of piperazine rings is 1. The molecule has 0 bridgehead atoms. The highest BCUT2D eigenvalue weighted by molar-refractivity contribution is 6.33. The first kappa shape index (κ1) is 18.9. The van der Waals surface area contributed by atoms with E-state index < -0.39 is 0 Å². The molecule has 5 nitrogen and oxygen atoms in total. The number of carbonyl (C=O) groups is 1.